The van der Waals surface area contributed by atoms with Gasteiger partial charge in [0.1, 0.15) is 5.82 Å². The molecule has 7 heteroatoms. The summed E-state index contributed by atoms with van der Waals surface area (Å²) in [5.41, 5.74) is 6.81. The Kier molecular flexibility index (Phi) is 5.63. The van der Waals surface area contributed by atoms with Crippen LogP contribution in [-0.2, 0) is 6.42 Å². The van der Waals surface area contributed by atoms with Crippen molar-refractivity contribution in [1.29, 1.82) is 0 Å². The molecular formula is C21H27N7. The largest absolute Gasteiger partial charge is 0.388 e. The monoisotopic (exact) mass is 377 g/mol. The van der Waals surface area contributed by atoms with E-state index in [-0.39, 0.29) is 0 Å². The molecule has 7 nitrogen and oxygen atoms in total. The summed E-state index contributed by atoms with van der Waals surface area (Å²) in [7, 11) is 3.71. The summed E-state index contributed by atoms with van der Waals surface area (Å²) in [6.45, 7) is 10.1. The van der Waals surface area contributed by atoms with Crippen LogP contribution in [0.25, 0.3) is 11.4 Å². The van der Waals surface area contributed by atoms with Gasteiger partial charge < -0.3 is 16.0 Å². The van der Waals surface area contributed by atoms with Crippen molar-refractivity contribution in [1.82, 2.24) is 25.1 Å². The number of hydrogen-bond acceptors (Lipinski definition) is 6. The van der Waals surface area contributed by atoms with E-state index < -0.39 is 0 Å². The minimum atomic E-state index is 0.556. The van der Waals surface area contributed by atoms with Crippen molar-refractivity contribution in [2.75, 3.05) is 24.7 Å². The van der Waals surface area contributed by atoms with Gasteiger partial charge in [-0.1, -0.05) is 19.6 Å². The molecule has 3 N–H and O–H groups in total. The summed E-state index contributed by atoms with van der Waals surface area (Å²) in [6, 6.07) is 8.12. The summed E-state index contributed by atoms with van der Waals surface area (Å²) >= 11 is 0. The number of nitrogens with zero attached hydrogens (tertiary/aromatic N) is 4. The quantitative estimate of drug-likeness (QED) is 0.581. The van der Waals surface area contributed by atoms with Crippen molar-refractivity contribution in [2.45, 2.75) is 27.2 Å². The van der Waals surface area contributed by atoms with E-state index in [1.165, 1.54) is 5.56 Å². The number of rotatable bonds is 7. The topological polar surface area (TPSA) is 79.7 Å². The fourth-order valence-corrected chi connectivity index (χ4v) is 3.05. The van der Waals surface area contributed by atoms with E-state index in [2.05, 4.69) is 51.6 Å². The van der Waals surface area contributed by atoms with Crippen LogP contribution >= 0.6 is 0 Å². The Labute approximate surface area is 165 Å². The Morgan fingerprint density at radius 3 is 2.61 bits per heavy atom. The van der Waals surface area contributed by atoms with Gasteiger partial charge in [0, 0.05) is 49.0 Å². The maximum Gasteiger partial charge on any atom is 0.229 e. The Bertz CT molecular complexity index is 1000. The van der Waals surface area contributed by atoms with Crippen LogP contribution in [0.4, 0.5) is 17.5 Å². The predicted octanol–water partition coefficient (Wildman–Crippen LogP) is 3.82. The molecule has 0 radical (unpaired) electrons. The molecule has 3 aromatic rings. The molecule has 0 saturated carbocycles. The summed E-state index contributed by atoms with van der Waals surface area (Å²) in [6.07, 6.45) is 2.91. The highest BCUT2D eigenvalue weighted by Crippen LogP contribution is 2.25. The lowest BCUT2D eigenvalue weighted by atomic mass is 10.1. The molecule has 0 aliphatic rings. The number of hydrogen-bond donors (Lipinski definition) is 3. The minimum Gasteiger partial charge on any atom is -0.388 e. The predicted molar refractivity (Wildman–Crippen MR) is 115 cm³/mol. The normalized spacial score (nSPS) is 10.6. The maximum atomic E-state index is 4.69. The molecule has 0 saturated heterocycles. The summed E-state index contributed by atoms with van der Waals surface area (Å²) in [5, 5.41) is 14.1. The molecule has 0 bridgehead atoms. The zero-order valence-electron chi connectivity index (χ0n) is 17.1. The fourth-order valence-electron chi connectivity index (χ4n) is 3.05. The molecule has 0 aliphatic heterocycles. The van der Waals surface area contributed by atoms with Crippen LogP contribution in [-0.4, -0.2) is 33.8 Å². The van der Waals surface area contributed by atoms with Gasteiger partial charge in [-0.05, 0) is 38.0 Å². The van der Waals surface area contributed by atoms with Gasteiger partial charge in [-0.25, -0.2) is 9.67 Å². The molecule has 3 rings (SSSR count). The second-order valence-corrected chi connectivity index (χ2v) is 6.59. The average molecular weight is 377 g/mol. The third-order valence-corrected chi connectivity index (χ3v) is 4.61. The minimum absolute atomic E-state index is 0.556. The lowest BCUT2D eigenvalue weighted by molar-refractivity contribution is 0.847. The number of benzene rings is 1. The van der Waals surface area contributed by atoms with Gasteiger partial charge >= 0.3 is 0 Å². The average Bonchev–Trinajstić information content (AvgIpc) is 3.08. The Balaban J connectivity index is 1.99. The second-order valence-electron chi connectivity index (χ2n) is 6.59. The van der Waals surface area contributed by atoms with Crippen molar-refractivity contribution < 1.29 is 0 Å². The highest BCUT2D eigenvalue weighted by molar-refractivity contribution is 5.65. The number of nitrogens with one attached hydrogen (secondary N) is 3. The van der Waals surface area contributed by atoms with Gasteiger partial charge in [0.15, 0.2) is 0 Å². The number of anilines is 3. The standard InChI is InChI=1S/C21H27N7/c1-7-16-8-9-17(25-21-24-13(2)10-20(23-6)26-21)11-19(16)28-12-18(14(3)22-5)15(4)27-28/h8-12,22H,3,7H2,1-2,4-6H3,(H2,23,24,25,26). The van der Waals surface area contributed by atoms with Gasteiger partial charge in [-0.15, -0.1) is 0 Å². The van der Waals surface area contributed by atoms with Gasteiger partial charge in [0.2, 0.25) is 5.95 Å². The van der Waals surface area contributed by atoms with Crippen LogP contribution in [0.15, 0.2) is 37.0 Å². The molecule has 2 aromatic heterocycles. The number of aryl methyl sites for hydroxylation is 3. The zero-order chi connectivity index (χ0) is 20.3. The second kappa shape index (κ2) is 8.12. The number of aromatic nitrogens is 4. The highest BCUT2D eigenvalue weighted by atomic mass is 15.3. The SMILES string of the molecule is C=C(NC)c1cn(-c2cc(Nc3nc(C)cc(NC)n3)ccc2CC)nc1C. The van der Waals surface area contributed by atoms with Crippen LogP contribution < -0.4 is 16.0 Å². The first-order valence-corrected chi connectivity index (χ1v) is 9.32. The van der Waals surface area contributed by atoms with Crippen LogP contribution in [0, 0.1) is 13.8 Å². The van der Waals surface area contributed by atoms with Gasteiger partial charge in [0.25, 0.3) is 0 Å². The van der Waals surface area contributed by atoms with E-state index in [0.717, 1.165) is 46.3 Å². The van der Waals surface area contributed by atoms with Gasteiger partial charge in [-0.2, -0.15) is 10.1 Å². The van der Waals surface area contributed by atoms with Crippen LogP contribution in [0.2, 0.25) is 0 Å². The van der Waals surface area contributed by atoms with Crippen molar-refractivity contribution in [3.05, 3.63) is 59.6 Å². The van der Waals surface area contributed by atoms with Crippen LogP contribution in [0.3, 0.4) is 0 Å². The molecule has 2 heterocycles. The lowest BCUT2D eigenvalue weighted by Gasteiger charge is -2.12. The fraction of sp³-hybridized carbons (Fsp3) is 0.286. The van der Waals surface area contributed by atoms with Crippen molar-refractivity contribution in [3.63, 3.8) is 0 Å². The first-order valence-electron chi connectivity index (χ1n) is 9.32. The van der Waals surface area contributed by atoms with E-state index >= 15 is 0 Å². The highest BCUT2D eigenvalue weighted by Gasteiger charge is 2.12. The molecule has 28 heavy (non-hydrogen) atoms. The van der Waals surface area contributed by atoms with Crippen molar-refractivity contribution in [2.24, 2.45) is 0 Å². The zero-order valence-corrected chi connectivity index (χ0v) is 17.1. The van der Waals surface area contributed by atoms with E-state index in [0.29, 0.717) is 5.95 Å². The third-order valence-electron chi connectivity index (χ3n) is 4.61. The Hall–Kier alpha value is -3.35. The maximum absolute atomic E-state index is 4.69. The van der Waals surface area contributed by atoms with Gasteiger partial charge in [0.05, 0.1) is 11.4 Å². The summed E-state index contributed by atoms with van der Waals surface area (Å²) in [5.74, 6) is 1.33. The molecule has 0 aliphatic carbocycles. The molecule has 1 aromatic carbocycles. The van der Waals surface area contributed by atoms with Crippen molar-refractivity contribution >= 4 is 23.2 Å². The molecule has 0 amide bonds. The molecular weight excluding hydrogens is 350 g/mol. The van der Waals surface area contributed by atoms with Crippen LogP contribution in [0.5, 0.6) is 0 Å². The lowest BCUT2D eigenvalue weighted by Crippen LogP contribution is -2.05. The van der Waals surface area contributed by atoms with E-state index in [1.54, 1.807) is 0 Å². The summed E-state index contributed by atoms with van der Waals surface area (Å²) < 4.78 is 1.91. The Morgan fingerprint density at radius 1 is 1.14 bits per heavy atom. The van der Waals surface area contributed by atoms with E-state index in [4.69, 9.17) is 5.10 Å². The summed E-state index contributed by atoms with van der Waals surface area (Å²) in [4.78, 5) is 8.94. The van der Waals surface area contributed by atoms with E-state index in [9.17, 15) is 0 Å². The first-order chi connectivity index (χ1) is 13.4. The molecule has 0 fully saturated rings. The van der Waals surface area contributed by atoms with Crippen LogP contribution in [0.1, 0.15) is 29.4 Å². The molecule has 0 unspecified atom stereocenters. The first kappa shape index (κ1) is 19.4. The molecule has 0 spiro atoms. The Morgan fingerprint density at radius 2 is 1.93 bits per heavy atom. The van der Waals surface area contributed by atoms with E-state index in [1.807, 2.05) is 51.0 Å². The van der Waals surface area contributed by atoms with Crippen molar-refractivity contribution in [3.8, 4) is 5.69 Å². The van der Waals surface area contributed by atoms with Gasteiger partial charge in [-0.3, -0.25) is 0 Å². The molecule has 146 valence electrons. The molecule has 0 atom stereocenters. The smallest absolute Gasteiger partial charge is 0.229 e. The third kappa shape index (κ3) is 3.98.